The molecule has 6 rings (SSSR count). The minimum atomic E-state index is 0.0659. The number of aromatic nitrogens is 5. The zero-order valence-corrected chi connectivity index (χ0v) is 22.3. The molecule has 0 radical (unpaired) electrons. The fourth-order valence-electron chi connectivity index (χ4n) is 5.35. The summed E-state index contributed by atoms with van der Waals surface area (Å²) in [7, 11) is 1.89. The molecule has 1 amide bonds. The van der Waals surface area contributed by atoms with Gasteiger partial charge >= 0.3 is 0 Å². The largest absolute Gasteiger partial charge is 0.336 e. The minimum absolute atomic E-state index is 0.0659. The Balaban J connectivity index is 1.25. The van der Waals surface area contributed by atoms with Gasteiger partial charge in [0.25, 0.3) is 5.91 Å². The number of imidazole rings is 1. The molecule has 2 aromatic carbocycles. The van der Waals surface area contributed by atoms with Crippen LogP contribution in [0, 0.1) is 0 Å². The molecule has 38 heavy (non-hydrogen) atoms. The molecule has 1 N–H and O–H groups in total. The third-order valence-corrected chi connectivity index (χ3v) is 7.49. The molecule has 1 fully saturated rings. The van der Waals surface area contributed by atoms with Gasteiger partial charge in [0, 0.05) is 37.1 Å². The van der Waals surface area contributed by atoms with E-state index in [-0.39, 0.29) is 17.4 Å². The van der Waals surface area contributed by atoms with E-state index in [4.69, 9.17) is 0 Å². The van der Waals surface area contributed by atoms with Gasteiger partial charge in [0.2, 0.25) is 0 Å². The van der Waals surface area contributed by atoms with Gasteiger partial charge in [-0.3, -0.25) is 9.48 Å². The number of benzene rings is 2. The van der Waals surface area contributed by atoms with Gasteiger partial charge in [0.1, 0.15) is 5.82 Å². The van der Waals surface area contributed by atoms with Crippen LogP contribution in [0.4, 0.5) is 0 Å². The van der Waals surface area contributed by atoms with Crippen LogP contribution >= 0.6 is 0 Å². The number of carbonyl (C=O) groups excluding carboxylic acids is 1. The second kappa shape index (κ2) is 9.24. The number of fused-ring (bicyclic) bond motifs is 1. The number of carbonyl (C=O) groups is 1. The van der Waals surface area contributed by atoms with E-state index in [2.05, 4.69) is 77.2 Å². The zero-order chi connectivity index (χ0) is 26.4. The van der Waals surface area contributed by atoms with Gasteiger partial charge in [-0.25, -0.2) is 9.97 Å². The van der Waals surface area contributed by atoms with Crippen molar-refractivity contribution in [1.29, 1.82) is 0 Å². The van der Waals surface area contributed by atoms with Gasteiger partial charge in [-0.2, -0.15) is 5.10 Å². The maximum atomic E-state index is 13.4. The number of amides is 1. The Labute approximate surface area is 222 Å². The van der Waals surface area contributed by atoms with Crippen molar-refractivity contribution in [2.45, 2.75) is 45.1 Å². The second-order valence-electron chi connectivity index (χ2n) is 11.2. The first-order chi connectivity index (χ1) is 18.3. The molecule has 0 saturated carbocycles. The first-order valence-electron chi connectivity index (χ1n) is 13.1. The molecular formula is C31H32N6O. The van der Waals surface area contributed by atoms with Crippen LogP contribution in [0.2, 0.25) is 0 Å². The van der Waals surface area contributed by atoms with Gasteiger partial charge in [0.15, 0.2) is 5.65 Å². The van der Waals surface area contributed by atoms with Crippen LogP contribution in [0.1, 0.15) is 61.1 Å². The van der Waals surface area contributed by atoms with E-state index < -0.39 is 0 Å². The first-order valence-corrected chi connectivity index (χ1v) is 13.1. The topological polar surface area (TPSA) is 79.7 Å². The third-order valence-electron chi connectivity index (χ3n) is 7.49. The number of pyridine rings is 1. The molecule has 192 valence electrons. The summed E-state index contributed by atoms with van der Waals surface area (Å²) in [6.07, 6.45) is 7.50. The van der Waals surface area contributed by atoms with Crippen molar-refractivity contribution in [3.05, 3.63) is 89.9 Å². The standard InChI is InChI=1S/C31H32N6O/c1-31(2,3)24-13-11-22(12-14-24)30(38)37-17-5-6-26(37)21-9-7-20(8-10-21)25-15-16-32-29-27(25)34-28(35-29)23-18-33-36(4)19-23/h7-16,18-19,26H,5-6,17H2,1-4H3,(H,32,34,35). The predicted octanol–water partition coefficient (Wildman–Crippen LogP) is 6.30. The molecule has 1 aliphatic heterocycles. The number of hydrogen-bond donors (Lipinski definition) is 1. The van der Waals surface area contributed by atoms with Gasteiger partial charge in [-0.15, -0.1) is 0 Å². The maximum Gasteiger partial charge on any atom is 0.254 e. The summed E-state index contributed by atoms with van der Waals surface area (Å²) < 4.78 is 1.76. The van der Waals surface area contributed by atoms with Crippen molar-refractivity contribution in [3.63, 3.8) is 0 Å². The average molecular weight is 505 g/mol. The quantitative estimate of drug-likeness (QED) is 0.311. The minimum Gasteiger partial charge on any atom is -0.336 e. The fraction of sp³-hybridized carbons (Fsp3) is 0.290. The van der Waals surface area contributed by atoms with Gasteiger partial charge in [-0.1, -0.05) is 57.2 Å². The lowest BCUT2D eigenvalue weighted by Crippen LogP contribution is -2.30. The number of hydrogen-bond acceptors (Lipinski definition) is 4. The van der Waals surface area contributed by atoms with E-state index in [1.807, 2.05) is 36.3 Å². The molecule has 1 unspecified atom stereocenters. The Morgan fingerprint density at radius 3 is 2.45 bits per heavy atom. The monoisotopic (exact) mass is 504 g/mol. The zero-order valence-electron chi connectivity index (χ0n) is 22.3. The third kappa shape index (κ3) is 4.38. The van der Waals surface area contributed by atoms with Crippen LogP contribution in [0.15, 0.2) is 73.2 Å². The number of likely N-dealkylation sites (tertiary alicyclic amines) is 1. The van der Waals surface area contributed by atoms with Crippen molar-refractivity contribution in [3.8, 4) is 22.5 Å². The number of nitrogens with zero attached hydrogens (tertiary/aromatic N) is 5. The molecule has 4 heterocycles. The van der Waals surface area contributed by atoms with E-state index in [9.17, 15) is 4.79 Å². The smallest absolute Gasteiger partial charge is 0.254 e. The lowest BCUT2D eigenvalue weighted by molar-refractivity contribution is 0.0735. The van der Waals surface area contributed by atoms with E-state index >= 15 is 0 Å². The number of H-pyrrole nitrogens is 1. The average Bonchev–Trinajstić information content (AvgIpc) is 3.67. The van der Waals surface area contributed by atoms with Crippen molar-refractivity contribution < 1.29 is 4.79 Å². The Morgan fingerprint density at radius 2 is 1.76 bits per heavy atom. The summed E-state index contributed by atoms with van der Waals surface area (Å²) in [5.74, 6) is 0.855. The van der Waals surface area contributed by atoms with Crippen LogP contribution in [-0.2, 0) is 12.5 Å². The lowest BCUT2D eigenvalue weighted by Gasteiger charge is -2.26. The molecule has 3 aromatic heterocycles. The molecule has 0 aliphatic carbocycles. The van der Waals surface area contributed by atoms with Gasteiger partial charge in [0.05, 0.1) is 23.3 Å². The SMILES string of the molecule is Cn1cc(-c2nc3nccc(-c4ccc(C5CCCN5C(=O)c5ccc(C(C)(C)C)cc5)cc4)c3[nH]2)cn1. The molecule has 0 spiro atoms. The van der Waals surface area contributed by atoms with E-state index in [1.54, 1.807) is 17.1 Å². The van der Waals surface area contributed by atoms with Crippen molar-refractivity contribution in [1.82, 2.24) is 29.6 Å². The summed E-state index contributed by atoms with van der Waals surface area (Å²) in [6, 6.07) is 18.8. The van der Waals surface area contributed by atoms with Crippen LogP contribution in [-0.4, -0.2) is 42.1 Å². The van der Waals surface area contributed by atoms with Crippen molar-refractivity contribution in [2.24, 2.45) is 7.05 Å². The molecule has 1 saturated heterocycles. The summed E-state index contributed by atoms with van der Waals surface area (Å²) in [4.78, 5) is 28.1. The summed E-state index contributed by atoms with van der Waals surface area (Å²) in [5, 5.41) is 4.25. The highest BCUT2D eigenvalue weighted by Gasteiger charge is 2.31. The lowest BCUT2D eigenvalue weighted by atomic mass is 9.86. The van der Waals surface area contributed by atoms with E-state index in [1.165, 1.54) is 5.56 Å². The van der Waals surface area contributed by atoms with E-state index in [0.717, 1.165) is 58.5 Å². The molecular weight excluding hydrogens is 472 g/mol. The van der Waals surface area contributed by atoms with Crippen molar-refractivity contribution in [2.75, 3.05) is 6.54 Å². The van der Waals surface area contributed by atoms with Gasteiger partial charge in [-0.05, 0) is 53.1 Å². The molecule has 7 heteroatoms. The Bertz CT molecular complexity index is 1610. The van der Waals surface area contributed by atoms with Crippen LogP contribution in [0.3, 0.4) is 0 Å². The normalized spacial score (nSPS) is 15.9. The predicted molar refractivity (Wildman–Crippen MR) is 150 cm³/mol. The highest BCUT2D eigenvalue weighted by molar-refractivity contribution is 5.95. The highest BCUT2D eigenvalue weighted by atomic mass is 16.2. The number of aryl methyl sites for hydroxylation is 1. The Hall–Kier alpha value is -4.26. The molecule has 1 atom stereocenters. The summed E-state index contributed by atoms with van der Waals surface area (Å²) in [5.41, 5.74) is 7.84. The molecule has 5 aromatic rings. The summed E-state index contributed by atoms with van der Waals surface area (Å²) >= 11 is 0. The first kappa shape index (κ1) is 24.1. The van der Waals surface area contributed by atoms with Crippen LogP contribution < -0.4 is 0 Å². The highest BCUT2D eigenvalue weighted by Crippen LogP contribution is 2.35. The number of nitrogens with one attached hydrogen (secondary N) is 1. The van der Waals surface area contributed by atoms with Crippen LogP contribution in [0.25, 0.3) is 33.7 Å². The van der Waals surface area contributed by atoms with Gasteiger partial charge < -0.3 is 9.88 Å². The number of aromatic amines is 1. The molecule has 0 bridgehead atoms. The van der Waals surface area contributed by atoms with Crippen LogP contribution in [0.5, 0.6) is 0 Å². The molecule has 7 nitrogen and oxygen atoms in total. The maximum absolute atomic E-state index is 13.4. The van der Waals surface area contributed by atoms with Crippen molar-refractivity contribution >= 4 is 17.1 Å². The van der Waals surface area contributed by atoms with E-state index in [0.29, 0.717) is 5.65 Å². The second-order valence-corrected chi connectivity index (χ2v) is 11.2. The summed E-state index contributed by atoms with van der Waals surface area (Å²) in [6.45, 7) is 7.34. The Kier molecular flexibility index (Phi) is 5.86. The molecule has 1 aliphatic rings. The number of rotatable bonds is 4. The fourth-order valence-corrected chi connectivity index (χ4v) is 5.35. The Morgan fingerprint density at radius 1 is 1.00 bits per heavy atom.